The summed E-state index contributed by atoms with van der Waals surface area (Å²) in [6.07, 6.45) is 5.59. The first-order valence-electron chi connectivity index (χ1n) is 12.2. The molecule has 0 fully saturated rings. The van der Waals surface area contributed by atoms with E-state index < -0.39 is 15.0 Å². The molecule has 198 valence electrons. The second-order valence-electron chi connectivity index (χ2n) is 9.59. The lowest BCUT2D eigenvalue weighted by Gasteiger charge is -2.42. The Labute approximate surface area is 228 Å². The number of alkyl halides is 1. The van der Waals surface area contributed by atoms with Crippen molar-refractivity contribution in [3.8, 4) is 17.2 Å². The molecule has 1 aliphatic carbocycles. The molecule has 1 heterocycles. The van der Waals surface area contributed by atoms with Crippen LogP contribution >= 0.6 is 11.6 Å². The standard InChI is InChI=1S/C29H30ClN3O4S/c1-19-11-14-29(15-12-19,38(34,35)36)33(26-9-7-23(8-10-26)25(18-31)13-16-30)27-17-24(6-5-20(27)2)28-21(3)32-37-22(28)4/h5-12,14,17,25H,13,15-16H2,1-4H3,(H,34,35,36). The van der Waals surface area contributed by atoms with Gasteiger partial charge in [0.1, 0.15) is 5.76 Å². The number of aromatic nitrogens is 1. The zero-order valence-corrected chi connectivity index (χ0v) is 23.3. The molecule has 1 aromatic heterocycles. The minimum atomic E-state index is -4.65. The fourth-order valence-corrected chi connectivity index (χ4v) is 6.10. The van der Waals surface area contributed by atoms with Crippen molar-refractivity contribution in [1.82, 2.24) is 5.16 Å². The Hall–Kier alpha value is -3.38. The molecule has 0 aliphatic heterocycles. The van der Waals surface area contributed by atoms with Crippen molar-refractivity contribution in [1.29, 1.82) is 5.26 Å². The van der Waals surface area contributed by atoms with Crippen molar-refractivity contribution in [3.05, 3.63) is 88.8 Å². The number of rotatable bonds is 8. The molecule has 0 saturated heterocycles. The summed E-state index contributed by atoms with van der Waals surface area (Å²) in [5.74, 6) is 0.619. The van der Waals surface area contributed by atoms with Gasteiger partial charge < -0.3 is 9.42 Å². The van der Waals surface area contributed by atoms with E-state index in [4.69, 9.17) is 16.1 Å². The minimum Gasteiger partial charge on any atom is -0.361 e. The quantitative estimate of drug-likeness (QED) is 0.234. The normalized spacial score (nSPS) is 18.1. The van der Waals surface area contributed by atoms with Crippen LogP contribution in [0.25, 0.3) is 11.1 Å². The summed E-state index contributed by atoms with van der Waals surface area (Å²) >= 11 is 5.89. The summed E-state index contributed by atoms with van der Waals surface area (Å²) in [4.78, 5) is -0.133. The molecule has 1 N–H and O–H groups in total. The van der Waals surface area contributed by atoms with E-state index in [1.165, 1.54) is 0 Å². The molecule has 38 heavy (non-hydrogen) atoms. The monoisotopic (exact) mass is 551 g/mol. The summed E-state index contributed by atoms with van der Waals surface area (Å²) in [7, 11) is -4.65. The summed E-state index contributed by atoms with van der Waals surface area (Å²) in [5, 5.41) is 13.7. The highest BCUT2D eigenvalue weighted by Gasteiger charge is 2.48. The van der Waals surface area contributed by atoms with Crippen LogP contribution in [0.3, 0.4) is 0 Å². The van der Waals surface area contributed by atoms with Crippen LogP contribution in [0.15, 0.2) is 70.8 Å². The predicted octanol–water partition coefficient (Wildman–Crippen LogP) is 7.13. The van der Waals surface area contributed by atoms with Gasteiger partial charge in [-0.2, -0.15) is 13.7 Å². The molecule has 0 amide bonds. The van der Waals surface area contributed by atoms with E-state index in [0.717, 1.165) is 33.5 Å². The SMILES string of the molecule is CC1=CCC(N(c2ccc(C(C#N)CCCl)cc2)c2cc(-c3c(C)noc3C)ccc2C)(S(=O)(=O)O)C=C1. The van der Waals surface area contributed by atoms with E-state index in [0.29, 0.717) is 29.4 Å². The Morgan fingerprint density at radius 1 is 1.18 bits per heavy atom. The summed E-state index contributed by atoms with van der Waals surface area (Å²) in [6, 6.07) is 15.2. The summed E-state index contributed by atoms with van der Waals surface area (Å²) in [5.41, 5.74) is 6.00. The maximum atomic E-state index is 13.2. The fraction of sp³-hybridized carbons (Fsp3) is 0.310. The van der Waals surface area contributed by atoms with Crippen molar-refractivity contribution in [2.24, 2.45) is 0 Å². The Bertz CT molecular complexity index is 1530. The van der Waals surface area contributed by atoms with E-state index in [-0.39, 0.29) is 12.3 Å². The number of aryl methyl sites for hydroxylation is 3. The predicted molar refractivity (Wildman–Crippen MR) is 150 cm³/mol. The second kappa shape index (κ2) is 10.8. The van der Waals surface area contributed by atoms with Gasteiger partial charge in [0.15, 0.2) is 4.87 Å². The van der Waals surface area contributed by atoms with Crippen LogP contribution in [0.1, 0.15) is 48.3 Å². The highest BCUT2D eigenvalue weighted by Crippen LogP contribution is 2.45. The molecule has 0 bridgehead atoms. The number of nitrogens with zero attached hydrogens (tertiary/aromatic N) is 3. The molecule has 2 atom stereocenters. The molecule has 4 rings (SSSR count). The average molecular weight is 552 g/mol. The second-order valence-corrected chi connectivity index (χ2v) is 11.6. The lowest BCUT2D eigenvalue weighted by atomic mass is 9.95. The van der Waals surface area contributed by atoms with Gasteiger partial charge in [0.05, 0.1) is 17.7 Å². The van der Waals surface area contributed by atoms with Gasteiger partial charge in [0.25, 0.3) is 10.1 Å². The molecule has 9 heteroatoms. The first-order chi connectivity index (χ1) is 18.0. The Kier molecular flexibility index (Phi) is 7.84. The van der Waals surface area contributed by atoms with Crippen LogP contribution in [-0.4, -0.2) is 28.9 Å². The van der Waals surface area contributed by atoms with Gasteiger partial charge in [-0.25, -0.2) is 0 Å². The number of nitriles is 1. The van der Waals surface area contributed by atoms with E-state index in [1.807, 2.05) is 58.0 Å². The topological polar surface area (TPSA) is 107 Å². The smallest absolute Gasteiger partial charge is 0.293 e. The number of hydrogen-bond acceptors (Lipinski definition) is 6. The van der Waals surface area contributed by atoms with Crippen molar-refractivity contribution in [3.63, 3.8) is 0 Å². The van der Waals surface area contributed by atoms with Gasteiger partial charge in [-0.1, -0.05) is 47.1 Å². The number of anilines is 2. The molecule has 2 unspecified atom stereocenters. The lowest BCUT2D eigenvalue weighted by molar-refractivity contribution is 0.393. The molecule has 3 aromatic rings. The van der Waals surface area contributed by atoms with Gasteiger partial charge in [-0.3, -0.25) is 4.55 Å². The third-order valence-corrected chi connectivity index (χ3v) is 8.62. The number of benzene rings is 2. The highest BCUT2D eigenvalue weighted by atomic mass is 35.5. The van der Waals surface area contributed by atoms with E-state index in [2.05, 4.69) is 11.2 Å². The average Bonchev–Trinajstić information content (AvgIpc) is 3.22. The van der Waals surface area contributed by atoms with Crippen LogP contribution in [0.2, 0.25) is 0 Å². The molecular formula is C29H30ClN3O4S. The van der Waals surface area contributed by atoms with Crippen LogP contribution in [-0.2, 0) is 10.1 Å². The van der Waals surface area contributed by atoms with Gasteiger partial charge in [-0.15, -0.1) is 11.6 Å². The maximum Gasteiger partial charge on any atom is 0.293 e. The largest absolute Gasteiger partial charge is 0.361 e. The van der Waals surface area contributed by atoms with Crippen molar-refractivity contribution >= 4 is 33.1 Å². The third kappa shape index (κ3) is 5.02. The molecule has 1 aliphatic rings. The molecular weight excluding hydrogens is 522 g/mol. The lowest BCUT2D eigenvalue weighted by Crippen LogP contribution is -2.51. The van der Waals surface area contributed by atoms with Crippen LogP contribution in [0.4, 0.5) is 11.4 Å². The van der Waals surface area contributed by atoms with Gasteiger partial charge in [-0.05, 0) is 75.1 Å². The minimum absolute atomic E-state index is 0.0397. The Morgan fingerprint density at radius 2 is 1.89 bits per heavy atom. The fourth-order valence-electron chi connectivity index (χ4n) is 4.91. The van der Waals surface area contributed by atoms with E-state index >= 15 is 0 Å². The van der Waals surface area contributed by atoms with Gasteiger partial charge in [0.2, 0.25) is 0 Å². The molecule has 0 radical (unpaired) electrons. The van der Waals surface area contributed by atoms with Crippen LogP contribution in [0.5, 0.6) is 0 Å². The zero-order chi connectivity index (χ0) is 27.7. The molecule has 0 spiro atoms. The maximum absolute atomic E-state index is 13.2. The first kappa shape index (κ1) is 27.6. The number of halogens is 1. The van der Waals surface area contributed by atoms with Crippen LogP contribution in [0, 0.1) is 32.1 Å². The summed E-state index contributed by atoms with van der Waals surface area (Å²) < 4.78 is 42.5. The Morgan fingerprint density at radius 3 is 2.42 bits per heavy atom. The zero-order valence-electron chi connectivity index (χ0n) is 21.8. The number of hydrogen-bond donors (Lipinski definition) is 1. The number of allylic oxidation sites excluding steroid dienone is 2. The van der Waals surface area contributed by atoms with Crippen molar-refractivity contribution in [2.45, 2.75) is 51.3 Å². The molecule has 0 saturated carbocycles. The van der Waals surface area contributed by atoms with E-state index in [9.17, 15) is 18.2 Å². The first-order valence-corrected chi connectivity index (χ1v) is 14.2. The molecule has 2 aromatic carbocycles. The van der Waals surface area contributed by atoms with Crippen molar-refractivity contribution < 1.29 is 17.5 Å². The highest BCUT2D eigenvalue weighted by molar-refractivity contribution is 7.87. The third-order valence-electron chi connectivity index (χ3n) is 7.03. The van der Waals surface area contributed by atoms with Gasteiger partial charge in [0, 0.05) is 29.2 Å². The van der Waals surface area contributed by atoms with E-state index in [1.54, 1.807) is 35.3 Å². The van der Waals surface area contributed by atoms with Gasteiger partial charge >= 0.3 is 0 Å². The molecule has 7 nitrogen and oxygen atoms in total. The summed E-state index contributed by atoms with van der Waals surface area (Å²) in [6.45, 7) is 7.46. The van der Waals surface area contributed by atoms with Crippen LogP contribution < -0.4 is 4.90 Å². The Balaban J connectivity index is 1.97. The van der Waals surface area contributed by atoms with Crippen molar-refractivity contribution in [2.75, 3.05) is 10.8 Å².